The molecule has 0 aliphatic carbocycles. The second kappa shape index (κ2) is 6.32. The highest BCUT2D eigenvalue weighted by Crippen LogP contribution is 2.17. The van der Waals surface area contributed by atoms with Crippen LogP contribution >= 0.6 is 11.6 Å². The maximum atomic E-state index is 13.1. The summed E-state index contributed by atoms with van der Waals surface area (Å²) in [5.41, 5.74) is 0.530. The SMILES string of the molecule is COC(=O)c1cccc(NC(=O)c2cc(F)cnc2Cl)c1. The van der Waals surface area contributed by atoms with Crippen molar-refractivity contribution in [3.8, 4) is 0 Å². The molecule has 1 aromatic carbocycles. The Morgan fingerprint density at radius 2 is 2.10 bits per heavy atom. The number of nitrogens with one attached hydrogen (secondary N) is 1. The Morgan fingerprint density at radius 1 is 1.33 bits per heavy atom. The fourth-order valence-corrected chi connectivity index (χ4v) is 1.81. The first kappa shape index (κ1) is 14.9. The number of rotatable bonds is 3. The van der Waals surface area contributed by atoms with E-state index in [0.29, 0.717) is 5.69 Å². The highest BCUT2D eigenvalue weighted by molar-refractivity contribution is 6.33. The molecule has 1 heterocycles. The molecule has 0 unspecified atom stereocenters. The molecule has 0 radical (unpaired) electrons. The Kier molecular flexibility index (Phi) is 4.49. The van der Waals surface area contributed by atoms with E-state index in [0.717, 1.165) is 12.3 Å². The number of methoxy groups -OCH3 is 1. The molecule has 0 spiro atoms. The topological polar surface area (TPSA) is 68.3 Å². The number of hydrogen-bond acceptors (Lipinski definition) is 4. The third-order valence-corrected chi connectivity index (χ3v) is 2.89. The lowest BCUT2D eigenvalue weighted by Crippen LogP contribution is -2.14. The summed E-state index contributed by atoms with van der Waals surface area (Å²) in [5.74, 6) is -1.83. The van der Waals surface area contributed by atoms with Crippen LogP contribution in [0.25, 0.3) is 0 Å². The molecule has 5 nitrogen and oxygen atoms in total. The molecule has 0 bridgehead atoms. The third kappa shape index (κ3) is 3.55. The molecule has 21 heavy (non-hydrogen) atoms. The average Bonchev–Trinajstić information content (AvgIpc) is 2.49. The van der Waals surface area contributed by atoms with Crippen molar-refractivity contribution >= 4 is 29.2 Å². The molecule has 0 fully saturated rings. The Hall–Kier alpha value is -2.47. The summed E-state index contributed by atoms with van der Waals surface area (Å²) >= 11 is 5.75. The lowest BCUT2D eigenvalue weighted by molar-refractivity contribution is 0.0600. The minimum Gasteiger partial charge on any atom is -0.465 e. The van der Waals surface area contributed by atoms with Gasteiger partial charge in [-0.2, -0.15) is 0 Å². The number of pyridine rings is 1. The van der Waals surface area contributed by atoms with Gasteiger partial charge in [0.15, 0.2) is 0 Å². The Labute approximate surface area is 124 Å². The van der Waals surface area contributed by atoms with E-state index in [4.69, 9.17) is 11.6 Å². The number of carbonyl (C=O) groups is 2. The number of hydrogen-bond donors (Lipinski definition) is 1. The molecular formula is C14H10ClFN2O3. The zero-order chi connectivity index (χ0) is 15.4. The summed E-state index contributed by atoms with van der Waals surface area (Å²) in [7, 11) is 1.26. The summed E-state index contributed by atoms with van der Waals surface area (Å²) in [5, 5.41) is 2.39. The van der Waals surface area contributed by atoms with Crippen LogP contribution in [0.15, 0.2) is 36.5 Å². The fourth-order valence-electron chi connectivity index (χ4n) is 1.62. The minimum atomic E-state index is -0.673. The van der Waals surface area contributed by atoms with Crippen molar-refractivity contribution in [1.29, 1.82) is 0 Å². The predicted molar refractivity (Wildman–Crippen MR) is 74.9 cm³/mol. The number of ether oxygens (including phenoxy) is 1. The van der Waals surface area contributed by atoms with Crippen molar-refractivity contribution in [2.45, 2.75) is 0 Å². The normalized spacial score (nSPS) is 10.0. The van der Waals surface area contributed by atoms with Crippen molar-refractivity contribution in [2.24, 2.45) is 0 Å². The van der Waals surface area contributed by atoms with Crippen molar-refractivity contribution in [2.75, 3.05) is 12.4 Å². The standard InChI is InChI=1S/C14H10ClFN2O3/c1-21-14(20)8-3-2-4-10(5-8)18-13(19)11-6-9(16)7-17-12(11)15/h2-7H,1H3,(H,18,19). The van der Waals surface area contributed by atoms with E-state index in [-0.39, 0.29) is 16.3 Å². The first-order valence-electron chi connectivity index (χ1n) is 5.82. The number of nitrogens with zero attached hydrogens (tertiary/aromatic N) is 1. The van der Waals surface area contributed by atoms with Gasteiger partial charge in [-0.15, -0.1) is 0 Å². The zero-order valence-electron chi connectivity index (χ0n) is 10.9. The Bertz CT molecular complexity index is 706. The fraction of sp³-hybridized carbons (Fsp3) is 0.0714. The number of esters is 1. The summed E-state index contributed by atoms with van der Waals surface area (Å²) in [6.07, 6.45) is 0.914. The molecule has 1 amide bonds. The van der Waals surface area contributed by atoms with Crippen molar-refractivity contribution < 1.29 is 18.7 Å². The van der Waals surface area contributed by atoms with Crippen LogP contribution in [0.3, 0.4) is 0 Å². The summed E-state index contributed by atoms with van der Waals surface area (Å²) in [6.45, 7) is 0. The van der Waals surface area contributed by atoms with Crippen molar-refractivity contribution in [1.82, 2.24) is 4.98 Å². The number of amides is 1. The molecule has 0 saturated heterocycles. The number of benzene rings is 1. The number of carbonyl (C=O) groups excluding carboxylic acids is 2. The second-order valence-electron chi connectivity index (χ2n) is 4.02. The first-order valence-corrected chi connectivity index (χ1v) is 6.20. The van der Waals surface area contributed by atoms with Gasteiger partial charge in [-0.1, -0.05) is 17.7 Å². The quantitative estimate of drug-likeness (QED) is 0.699. The highest BCUT2D eigenvalue weighted by atomic mass is 35.5. The van der Waals surface area contributed by atoms with Crippen LogP contribution in [0, 0.1) is 5.82 Å². The van der Waals surface area contributed by atoms with Crippen LogP contribution in [-0.4, -0.2) is 24.0 Å². The molecule has 7 heteroatoms. The average molecular weight is 309 g/mol. The van der Waals surface area contributed by atoms with Crippen LogP contribution < -0.4 is 5.32 Å². The lowest BCUT2D eigenvalue weighted by Gasteiger charge is -2.07. The molecule has 1 N–H and O–H groups in total. The van der Waals surface area contributed by atoms with Crippen molar-refractivity contribution in [3.05, 3.63) is 58.6 Å². The zero-order valence-corrected chi connectivity index (χ0v) is 11.6. The molecule has 2 aromatic rings. The van der Waals surface area contributed by atoms with Gasteiger partial charge in [-0.3, -0.25) is 4.79 Å². The first-order chi connectivity index (χ1) is 10.0. The molecule has 0 saturated carbocycles. The highest BCUT2D eigenvalue weighted by Gasteiger charge is 2.14. The van der Waals surface area contributed by atoms with E-state index in [1.165, 1.54) is 19.2 Å². The van der Waals surface area contributed by atoms with Crippen molar-refractivity contribution in [3.63, 3.8) is 0 Å². The summed E-state index contributed by atoms with van der Waals surface area (Å²) in [6, 6.07) is 7.11. The van der Waals surface area contributed by atoms with Gasteiger partial charge >= 0.3 is 5.97 Å². The molecule has 2 rings (SSSR count). The van der Waals surface area contributed by atoms with Gasteiger partial charge in [0.2, 0.25) is 0 Å². The van der Waals surface area contributed by atoms with Gasteiger partial charge in [0, 0.05) is 5.69 Å². The van der Waals surface area contributed by atoms with Gasteiger partial charge < -0.3 is 10.1 Å². The maximum Gasteiger partial charge on any atom is 0.337 e. The van der Waals surface area contributed by atoms with Crippen LogP contribution in [0.2, 0.25) is 5.15 Å². The van der Waals surface area contributed by atoms with Gasteiger partial charge in [0.1, 0.15) is 11.0 Å². The van der Waals surface area contributed by atoms with Crippen LogP contribution in [-0.2, 0) is 4.74 Å². The molecule has 0 atom stereocenters. The number of halogens is 2. The van der Waals surface area contributed by atoms with Crippen LogP contribution in [0.4, 0.5) is 10.1 Å². The summed E-state index contributed by atoms with van der Waals surface area (Å²) < 4.78 is 17.7. The smallest absolute Gasteiger partial charge is 0.337 e. The Morgan fingerprint density at radius 3 is 2.81 bits per heavy atom. The largest absolute Gasteiger partial charge is 0.465 e. The monoisotopic (exact) mass is 308 g/mol. The number of aromatic nitrogens is 1. The number of anilines is 1. The molecular weight excluding hydrogens is 299 g/mol. The van der Waals surface area contributed by atoms with Crippen LogP contribution in [0.5, 0.6) is 0 Å². The molecule has 0 aliphatic rings. The van der Waals surface area contributed by atoms with Gasteiger partial charge in [0.05, 0.1) is 24.4 Å². The molecule has 0 aliphatic heterocycles. The van der Waals surface area contributed by atoms with E-state index < -0.39 is 17.7 Å². The van der Waals surface area contributed by atoms with E-state index in [2.05, 4.69) is 15.0 Å². The van der Waals surface area contributed by atoms with E-state index >= 15 is 0 Å². The maximum absolute atomic E-state index is 13.1. The lowest BCUT2D eigenvalue weighted by atomic mass is 10.2. The molecule has 1 aromatic heterocycles. The predicted octanol–water partition coefficient (Wildman–Crippen LogP) is 2.91. The van der Waals surface area contributed by atoms with Gasteiger partial charge in [-0.05, 0) is 24.3 Å². The third-order valence-electron chi connectivity index (χ3n) is 2.59. The van der Waals surface area contributed by atoms with Gasteiger partial charge in [-0.25, -0.2) is 14.2 Å². The van der Waals surface area contributed by atoms with E-state index in [1.54, 1.807) is 12.1 Å². The van der Waals surface area contributed by atoms with Crippen LogP contribution in [0.1, 0.15) is 20.7 Å². The van der Waals surface area contributed by atoms with Gasteiger partial charge in [0.25, 0.3) is 5.91 Å². The Balaban J connectivity index is 2.23. The summed E-state index contributed by atoms with van der Waals surface area (Å²) in [4.78, 5) is 27.0. The second-order valence-corrected chi connectivity index (χ2v) is 4.38. The van der Waals surface area contributed by atoms with E-state index in [9.17, 15) is 14.0 Å². The minimum absolute atomic E-state index is 0.0971. The van der Waals surface area contributed by atoms with E-state index in [1.807, 2.05) is 0 Å². The molecule has 108 valence electrons.